The topological polar surface area (TPSA) is 67.2 Å². The van der Waals surface area contributed by atoms with Gasteiger partial charge in [0.05, 0.1) is 5.69 Å². The van der Waals surface area contributed by atoms with E-state index < -0.39 is 0 Å². The quantitative estimate of drug-likeness (QED) is 0.279. The Bertz CT molecular complexity index is 1460. The molecule has 2 heterocycles. The second kappa shape index (κ2) is 11.6. The number of para-hydroxylation sites is 1. The molecular weight excluding hydrogens is 547 g/mol. The summed E-state index contributed by atoms with van der Waals surface area (Å²) >= 11 is 3.38. The Morgan fingerprint density at radius 2 is 1.58 bits per heavy atom. The second-order valence-corrected chi connectivity index (χ2v) is 10.0. The minimum Gasteiger partial charge on any atom is -0.337 e. The number of hydrogen-bond donors (Lipinski definition) is 1. The molecule has 4 aromatic rings. The second-order valence-electron chi connectivity index (χ2n) is 9.09. The number of hydrogen-bond acceptors (Lipinski definition) is 3. The average molecular weight is 573 g/mol. The molecule has 8 heteroatoms. The summed E-state index contributed by atoms with van der Waals surface area (Å²) in [5.41, 5.74) is 3.31. The SMILES string of the molecule is O=C(NC(=Cc1cn(-c2ccccc2)nc1-c1ccc(F)cc1)C(=O)N1CCCCC1)c1ccc(Br)cc1. The van der Waals surface area contributed by atoms with Crippen molar-refractivity contribution in [2.45, 2.75) is 19.3 Å². The summed E-state index contributed by atoms with van der Waals surface area (Å²) in [7, 11) is 0. The number of halogens is 2. The van der Waals surface area contributed by atoms with Crippen molar-refractivity contribution in [1.29, 1.82) is 0 Å². The van der Waals surface area contributed by atoms with Crippen molar-refractivity contribution in [2.75, 3.05) is 13.1 Å². The number of carbonyl (C=O) groups excluding carboxylic acids is 2. The molecule has 1 aliphatic heterocycles. The molecule has 0 aliphatic carbocycles. The Morgan fingerprint density at radius 1 is 0.895 bits per heavy atom. The number of aromatic nitrogens is 2. The van der Waals surface area contributed by atoms with E-state index in [2.05, 4.69) is 21.2 Å². The molecule has 1 fully saturated rings. The van der Waals surface area contributed by atoms with Gasteiger partial charge in [-0.15, -0.1) is 0 Å². The van der Waals surface area contributed by atoms with Gasteiger partial charge in [-0.2, -0.15) is 5.10 Å². The van der Waals surface area contributed by atoms with Gasteiger partial charge in [0.1, 0.15) is 17.2 Å². The van der Waals surface area contributed by atoms with Crippen molar-refractivity contribution < 1.29 is 14.0 Å². The lowest BCUT2D eigenvalue weighted by atomic mass is 10.1. The van der Waals surface area contributed by atoms with E-state index in [9.17, 15) is 14.0 Å². The zero-order valence-electron chi connectivity index (χ0n) is 20.6. The highest BCUT2D eigenvalue weighted by atomic mass is 79.9. The molecule has 2 amide bonds. The fourth-order valence-electron chi connectivity index (χ4n) is 4.41. The first kappa shape index (κ1) is 25.6. The Morgan fingerprint density at radius 3 is 2.26 bits per heavy atom. The van der Waals surface area contributed by atoms with E-state index in [4.69, 9.17) is 5.10 Å². The Kier molecular flexibility index (Phi) is 7.79. The molecule has 3 aromatic carbocycles. The van der Waals surface area contributed by atoms with Crippen LogP contribution in [0.1, 0.15) is 35.2 Å². The van der Waals surface area contributed by atoms with Crippen LogP contribution in [0.5, 0.6) is 0 Å². The van der Waals surface area contributed by atoms with Gasteiger partial charge in [0.15, 0.2) is 0 Å². The van der Waals surface area contributed by atoms with Gasteiger partial charge in [-0.1, -0.05) is 34.1 Å². The van der Waals surface area contributed by atoms with Crippen LogP contribution in [0.25, 0.3) is 23.0 Å². The highest BCUT2D eigenvalue weighted by molar-refractivity contribution is 9.10. The van der Waals surface area contributed by atoms with Gasteiger partial charge in [0.2, 0.25) is 0 Å². The third-order valence-corrected chi connectivity index (χ3v) is 6.94. The molecule has 192 valence electrons. The molecule has 5 rings (SSSR count). The fourth-order valence-corrected chi connectivity index (χ4v) is 4.67. The lowest BCUT2D eigenvalue weighted by Gasteiger charge is -2.27. The zero-order chi connectivity index (χ0) is 26.5. The zero-order valence-corrected chi connectivity index (χ0v) is 22.2. The van der Waals surface area contributed by atoms with Gasteiger partial charge in [-0.3, -0.25) is 9.59 Å². The predicted molar refractivity (Wildman–Crippen MR) is 149 cm³/mol. The summed E-state index contributed by atoms with van der Waals surface area (Å²) in [5, 5.41) is 7.61. The minimum absolute atomic E-state index is 0.163. The molecule has 1 aliphatic rings. The molecule has 0 bridgehead atoms. The number of carbonyl (C=O) groups is 2. The Labute approximate surface area is 228 Å². The van der Waals surface area contributed by atoms with E-state index in [0.29, 0.717) is 35.5 Å². The fraction of sp³-hybridized carbons (Fsp3) is 0.167. The van der Waals surface area contributed by atoms with E-state index in [1.807, 2.05) is 36.5 Å². The lowest BCUT2D eigenvalue weighted by molar-refractivity contribution is -0.128. The van der Waals surface area contributed by atoms with E-state index in [0.717, 1.165) is 29.4 Å². The van der Waals surface area contributed by atoms with Crippen molar-refractivity contribution in [2.24, 2.45) is 0 Å². The van der Waals surface area contributed by atoms with Crippen LogP contribution in [0, 0.1) is 5.82 Å². The summed E-state index contributed by atoms with van der Waals surface area (Å²) in [4.78, 5) is 28.6. The maximum absolute atomic E-state index is 13.7. The van der Waals surface area contributed by atoms with Crippen molar-refractivity contribution in [1.82, 2.24) is 20.0 Å². The summed E-state index contributed by atoms with van der Waals surface area (Å²) in [6.45, 7) is 1.27. The van der Waals surface area contributed by atoms with Crippen LogP contribution >= 0.6 is 15.9 Å². The highest BCUT2D eigenvalue weighted by Crippen LogP contribution is 2.27. The molecular formula is C30H26BrFN4O2. The number of rotatable bonds is 6. The largest absolute Gasteiger partial charge is 0.337 e. The van der Waals surface area contributed by atoms with Crippen LogP contribution < -0.4 is 5.32 Å². The van der Waals surface area contributed by atoms with Crippen molar-refractivity contribution >= 4 is 33.8 Å². The third kappa shape index (κ3) is 5.92. The van der Waals surface area contributed by atoms with Crippen LogP contribution in [0.2, 0.25) is 0 Å². The number of benzene rings is 3. The number of piperidine rings is 1. The first-order valence-corrected chi connectivity index (χ1v) is 13.3. The average Bonchev–Trinajstić information content (AvgIpc) is 3.37. The molecule has 0 spiro atoms. The van der Waals surface area contributed by atoms with E-state index >= 15 is 0 Å². The molecule has 6 nitrogen and oxygen atoms in total. The summed E-state index contributed by atoms with van der Waals surface area (Å²) in [6.07, 6.45) is 6.40. The van der Waals surface area contributed by atoms with Crippen molar-refractivity contribution in [3.8, 4) is 16.9 Å². The van der Waals surface area contributed by atoms with Gasteiger partial charge < -0.3 is 10.2 Å². The third-order valence-electron chi connectivity index (χ3n) is 6.41. The maximum atomic E-state index is 13.7. The monoisotopic (exact) mass is 572 g/mol. The van der Waals surface area contributed by atoms with Gasteiger partial charge in [0, 0.05) is 40.4 Å². The summed E-state index contributed by atoms with van der Waals surface area (Å²) < 4.78 is 16.3. The molecule has 0 radical (unpaired) electrons. The van der Waals surface area contributed by atoms with Crippen molar-refractivity contribution in [3.63, 3.8) is 0 Å². The Hall–Kier alpha value is -4.04. The molecule has 1 saturated heterocycles. The normalized spacial score (nSPS) is 13.8. The first-order valence-electron chi connectivity index (χ1n) is 12.5. The number of nitrogens with one attached hydrogen (secondary N) is 1. The molecule has 1 N–H and O–H groups in total. The van der Waals surface area contributed by atoms with Crippen LogP contribution in [0.4, 0.5) is 4.39 Å². The first-order chi connectivity index (χ1) is 18.5. The molecule has 38 heavy (non-hydrogen) atoms. The van der Waals surface area contributed by atoms with Gasteiger partial charge >= 0.3 is 0 Å². The standard InChI is InChI=1S/C30H26BrFN4O2/c31-24-13-9-22(10-14-24)29(37)33-27(30(38)35-17-5-2-6-18-35)19-23-20-36(26-7-3-1-4-8-26)34-28(23)21-11-15-25(32)16-12-21/h1,3-4,7-16,19-20H,2,5-6,17-18H2,(H,33,37). The van der Waals surface area contributed by atoms with Crippen LogP contribution in [0.3, 0.4) is 0 Å². The van der Waals surface area contributed by atoms with Crippen LogP contribution in [-0.2, 0) is 4.79 Å². The minimum atomic E-state index is -0.382. The van der Waals surface area contributed by atoms with Crippen LogP contribution in [-0.4, -0.2) is 39.6 Å². The predicted octanol–water partition coefficient (Wildman–Crippen LogP) is 6.22. The van der Waals surface area contributed by atoms with Gasteiger partial charge in [-0.25, -0.2) is 9.07 Å². The maximum Gasteiger partial charge on any atom is 0.270 e. The summed E-state index contributed by atoms with van der Waals surface area (Å²) in [5.74, 6) is -0.975. The smallest absolute Gasteiger partial charge is 0.270 e. The highest BCUT2D eigenvalue weighted by Gasteiger charge is 2.24. The van der Waals surface area contributed by atoms with Gasteiger partial charge in [0.25, 0.3) is 11.8 Å². The molecule has 0 saturated carbocycles. The van der Waals surface area contributed by atoms with Crippen LogP contribution in [0.15, 0.2) is 95.2 Å². The van der Waals surface area contributed by atoms with E-state index in [-0.39, 0.29) is 23.3 Å². The Balaban J connectivity index is 1.58. The summed E-state index contributed by atoms with van der Waals surface area (Å²) in [6, 6.07) is 22.6. The van der Waals surface area contributed by atoms with Gasteiger partial charge in [-0.05, 0) is 86.0 Å². The molecule has 0 atom stereocenters. The number of amides is 2. The number of likely N-dealkylation sites (tertiary alicyclic amines) is 1. The van der Waals surface area contributed by atoms with E-state index in [1.54, 1.807) is 52.1 Å². The lowest BCUT2D eigenvalue weighted by Crippen LogP contribution is -2.41. The number of nitrogens with zero attached hydrogens (tertiary/aromatic N) is 3. The van der Waals surface area contributed by atoms with Crippen molar-refractivity contribution in [3.05, 3.63) is 112 Å². The molecule has 1 aromatic heterocycles. The molecule has 0 unspecified atom stereocenters. The van der Waals surface area contributed by atoms with E-state index in [1.165, 1.54) is 12.1 Å².